The number of alkyl halides is 3. The summed E-state index contributed by atoms with van der Waals surface area (Å²) in [6, 6.07) is 30.2. The first-order valence-electron chi connectivity index (χ1n) is 15.1. The maximum absolute atomic E-state index is 16.2. The molecule has 1 aliphatic heterocycles. The van der Waals surface area contributed by atoms with Crippen LogP contribution in [0.3, 0.4) is 0 Å². The second-order valence-corrected chi connectivity index (χ2v) is 12.9. The number of nitrogens with zero attached hydrogens (tertiary/aromatic N) is 1. The van der Waals surface area contributed by atoms with Crippen molar-refractivity contribution in [2.24, 2.45) is 0 Å². The first-order chi connectivity index (χ1) is 23.2. The highest BCUT2D eigenvalue weighted by atomic mass is 35.5. The Hall–Kier alpha value is -4.57. The number of hydrogen-bond acceptors (Lipinski definition) is 4. The lowest BCUT2D eigenvalue weighted by molar-refractivity contribution is 0.0600. The lowest BCUT2D eigenvalue weighted by Gasteiger charge is -2.36. The van der Waals surface area contributed by atoms with Crippen LogP contribution in [0, 0.1) is 5.82 Å². The van der Waals surface area contributed by atoms with Gasteiger partial charge in [0, 0.05) is 50.6 Å². The van der Waals surface area contributed by atoms with Crippen LogP contribution in [0.5, 0.6) is 0 Å². The quantitative estimate of drug-likeness (QED) is 0.128. The molecule has 48 heavy (non-hydrogen) atoms. The molecule has 5 aromatic carbocycles. The lowest BCUT2D eigenvalue weighted by atomic mass is 9.83. The zero-order chi connectivity index (χ0) is 33.6. The molecule has 0 atom stereocenters. The van der Waals surface area contributed by atoms with E-state index in [0.717, 1.165) is 11.1 Å². The summed E-state index contributed by atoms with van der Waals surface area (Å²) >= 11 is 7.97. The van der Waals surface area contributed by atoms with Crippen molar-refractivity contribution >= 4 is 40.4 Å². The van der Waals surface area contributed by atoms with Gasteiger partial charge in [0.1, 0.15) is 5.82 Å². The van der Waals surface area contributed by atoms with Crippen LogP contribution in [0.1, 0.15) is 27.9 Å². The monoisotopic (exact) mass is 686 g/mol. The van der Waals surface area contributed by atoms with Crippen molar-refractivity contribution in [2.45, 2.75) is 17.0 Å². The molecule has 1 aliphatic rings. The zero-order valence-electron chi connectivity index (χ0n) is 25.4. The second kappa shape index (κ2) is 12.8. The predicted molar refractivity (Wildman–Crippen MR) is 183 cm³/mol. The number of carbonyl (C=O) groups excluding carboxylic acids is 1. The number of nitrogens with one attached hydrogen (secondary N) is 1. The van der Waals surface area contributed by atoms with Crippen LogP contribution in [0.4, 0.5) is 17.6 Å². The van der Waals surface area contributed by atoms with Gasteiger partial charge in [-0.1, -0.05) is 72.3 Å². The summed E-state index contributed by atoms with van der Waals surface area (Å²) in [6.07, 6.45) is -2.61. The third-order valence-corrected chi connectivity index (χ3v) is 9.90. The molecule has 7 rings (SSSR count). The van der Waals surface area contributed by atoms with Gasteiger partial charge in [0.05, 0.1) is 23.9 Å². The van der Waals surface area contributed by atoms with Crippen LogP contribution in [0.2, 0.25) is 5.02 Å². The minimum absolute atomic E-state index is 0.0984. The van der Waals surface area contributed by atoms with Crippen LogP contribution < -0.4 is 5.32 Å². The molecule has 0 unspecified atom stereocenters. The highest BCUT2D eigenvalue weighted by molar-refractivity contribution is 7.98. The third-order valence-electron chi connectivity index (χ3n) is 8.54. The Balaban J connectivity index is 1.49. The number of methoxy groups -OCH3 is 1. The van der Waals surface area contributed by atoms with Gasteiger partial charge in [0.2, 0.25) is 0 Å². The Bertz CT molecular complexity index is 2180. The van der Waals surface area contributed by atoms with E-state index in [2.05, 4.69) is 5.32 Å². The number of esters is 1. The maximum Gasteiger partial charge on any atom is 0.337 e. The molecular weight excluding hydrogens is 660 g/mol. The van der Waals surface area contributed by atoms with E-state index in [4.69, 9.17) is 16.3 Å². The average Bonchev–Trinajstić information content (AvgIpc) is 3.39. The molecule has 0 saturated carbocycles. The number of halogens is 5. The van der Waals surface area contributed by atoms with E-state index in [-0.39, 0.29) is 18.7 Å². The Morgan fingerprint density at radius 1 is 0.896 bits per heavy atom. The number of carbonyl (C=O) groups is 1. The van der Waals surface area contributed by atoms with Gasteiger partial charge in [-0.2, -0.15) is 0 Å². The van der Waals surface area contributed by atoms with Crippen molar-refractivity contribution in [3.63, 3.8) is 0 Å². The average molecular weight is 687 g/mol. The number of aromatic nitrogens is 1. The van der Waals surface area contributed by atoms with E-state index < -0.39 is 23.9 Å². The molecule has 1 N–H and O–H groups in total. The molecule has 1 aromatic heterocycles. The summed E-state index contributed by atoms with van der Waals surface area (Å²) in [5, 5.41) is 3.94. The first-order valence-corrected chi connectivity index (χ1v) is 16.2. The van der Waals surface area contributed by atoms with Crippen molar-refractivity contribution in [1.82, 2.24) is 9.29 Å². The molecule has 0 radical (unpaired) electrons. The molecule has 0 spiro atoms. The Kier molecular flexibility index (Phi) is 8.53. The van der Waals surface area contributed by atoms with E-state index in [0.29, 0.717) is 54.3 Å². The number of hydrogen-bond donors (Lipinski definition) is 1. The predicted octanol–water partition coefficient (Wildman–Crippen LogP) is 10.5. The normalized spacial score (nSPS) is 13.9. The van der Waals surface area contributed by atoms with E-state index in [9.17, 15) is 13.6 Å². The van der Waals surface area contributed by atoms with Gasteiger partial charge < -0.3 is 10.1 Å². The fraction of sp³-hybridized carbons (Fsp3) is 0.132. The van der Waals surface area contributed by atoms with E-state index >= 15 is 8.78 Å². The number of rotatable bonds is 8. The minimum atomic E-state index is -2.61. The van der Waals surface area contributed by atoms with Crippen molar-refractivity contribution in [3.8, 4) is 33.5 Å². The molecule has 1 fully saturated rings. The zero-order valence-corrected chi connectivity index (χ0v) is 27.0. The second-order valence-electron chi connectivity index (χ2n) is 11.5. The molecule has 6 aromatic rings. The smallest absolute Gasteiger partial charge is 0.337 e. The molecule has 1 saturated heterocycles. The molecule has 2 heterocycles. The molecule has 10 heteroatoms. The molecule has 0 amide bonds. The van der Waals surface area contributed by atoms with Gasteiger partial charge in [-0.3, -0.25) is 3.97 Å². The van der Waals surface area contributed by atoms with Crippen molar-refractivity contribution in [1.29, 1.82) is 0 Å². The Morgan fingerprint density at radius 3 is 2.33 bits per heavy atom. The van der Waals surface area contributed by atoms with Crippen LogP contribution in [0.25, 0.3) is 44.4 Å². The SMILES string of the molecule is COC(=O)c1ccc(-c2cccc(-c3c(-c4ccccc4C4(F)CNC4)c4cc(F)ccc4n3Sc3ccc(C(F)F)cc3)c2)c(Cl)c1. The fourth-order valence-electron chi connectivity index (χ4n) is 6.10. The first kappa shape index (κ1) is 32.0. The topological polar surface area (TPSA) is 43.3 Å². The number of ether oxygens (including phenoxy) is 1. The van der Waals surface area contributed by atoms with Crippen molar-refractivity contribution < 1.29 is 27.1 Å². The van der Waals surface area contributed by atoms with Gasteiger partial charge >= 0.3 is 5.97 Å². The largest absolute Gasteiger partial charge is 0.465 e. The summed E-state index contributed by atoms with van der Waals surface area (Å²) in [6.45, 7) is 0.292. The Morgan fingerprint density at radius 2 is 1.65 bits per heavy atom. The lowest BCUT2D eigenvalue weighted by Crippen LogP contribution is -2.53. The van der Waals surface area contributed by atoms with Gasteiger partial charge in [-0.25, -0.2) is 22.4 Å². The fourth-order valence-corrected chi connectivity index (χ4v) is 7.40. The highest BCUT2D eigenvalue weighted by Crippen LogP contribution is 2.49. The summed E-state index contributed by atoms with van der Waals surface area (Å²) in [5.74, 6) is -0.967. The van der Waals surface area contributed by atoms with Gasteiger partial charge in [-0.05, 0) is 77.2 Å². The number of fused-ring (bicyclic) bond motifs is 1. The van der Waals surface area contributed by atoms with E-state index in [1.165, 1.54) is 43.3 Å². The van der Waals surface area contributed by atoms with E-state index in [1.807, 2.05) is 40.4 Å². The van der Waals surface area contributed by atoms with Crippen molar-refractivity contribution in [2.75, 3.05) is 20.2 Å². The van der Waals surface area contributed by atoms with Crippen LogP contribution in [-0.2, 0) is 10.4 Å². The van der Waals surface area contributed by atoms with Gasteiger partial charge in [-0.15, -0.1) is 0 Å². The van der Waals surface area contributed by atoms with Gasteiger partial charge in [0.25, 0.3) is 6.43 Å². The summed E-state index contributed by atoms with van der Waals surface area (Å²) < 4.78 is 64.8. The van der Waals surface area contributed by atoms with Gasteiger partial charge in [0.15, 0.2) is 5.67 Å². The molecule has 242 valence electrons. The van der Waals surface area contributed by atoms with Crippen LogP contribution in [-0.4, -0.2) is 30.1 Å². The highest BCUT2D eigenvalue weighted by Gasteiger charge is 2.41. The molecular formula is C38H27ClF4N2O2S. The summed E-state index contributed by atoms with van der Waals surface area (Å²) in [7, 11) is 1.30. The van der Waals surface area contributed by atoms with Crippen LogP contribution >= 0.6 is 23.5 Å². The number of benzene rings is 5. The maximum atomic E-state index is 16.2. The molecule has 0 bridgehead atoms. The standard InChI is InChI=1S/C38H27ClF4N2O2S/c1-47-37(46)25-11-15-28(32(39)18-25)23-5-4-6-24(17-23)35-34(29-7-2-3-8-31(29)38(43)20-44-21-38)30-19-26(40)12-16-33(30)45(35)48-27-13-9-22(10-14-27)36(41)42/h2-19,36,44H,20-21H2,1H3. The summed E-state index contributed by atoms with van der Waals surface area (Å²) in [4.78, 5) is 12.8. The third kappa shape index (κ3) is 5.76. The minimum Gasteiger partial charge on any atom is -0.465 e. The molecule has 0 aliphatic carbocycles. The Labute approximate surface area is 283 Å². The van der Waals surface area contributed by atoms with Crippen molar-refractivity contribution in [3.05, 3.63) is 137 Å². The molecule has 4 nitrogen and oxygen atoms in total. The van der Waals surface area contributed by atoms with E-state index in [1.54, 1.807) is 48.5 Å². The summed E-state index contributed by atoms with van der Waals surface area (Å²) in [5.41, 5.74) is 3.77. The van der Waals surface area contributed by atoms with Crippen LogP contribution in [0.15, 0.2) is 114 Å².